The summed E-state index contributed by atoms with van der Waals surface area (Å²) in [5, 5.41) is 12.5. The highest BCUT2D eigenvalue weighted by Crippen LogP contribution is 2.41. The topological polar surface area (TPSA) is 73.2 Å². The van der Waals surface area contributed by atoms with Crippen molar-refractivity contribution in [2.45, 2.75) is 10.6 Å². The lowest BCUT2D eigenvalue weighted by atomic mass is 10.0. The van der Waals surface area contributed by atoms with Crippen LogP contribution in [0.4, 0.5) is 5.69 Å². The molecule has 0 saturated carbocycles. The fourth-order valence-electron chi connectivity index (χ4n) is 2.69. The first-order valence-electron chi connectivity index (χ1n) is 8.22. The van der Waals surface area contributed by atoms with E-state index in [1.165, 1.54) is 38.0 Å². The van der Waals surface area contributed by atoms with Crippen molar-refractivity contribution < 1.29 is 13.5 Å². The molecule has 1 saturated heterocycles. The Kier molecular flexibility index (Phi) is 6.01. The van der Waals surface area contributed by atoms with Crippen molar-refractivity contribution in [1.29, 1.82) is 0 Å². The van der Waals surface area contributed by atoms with E-state index >= 15 is 0 Å². The van der Waals surface area contributed by atoms with Crippen LogP contribution >= 0.6 is 35.0 Å². The minimum absolute atomic E-state index is 0.0556. The van der Waals surface area contributed by atoms with E-state index in [0.717, 1.165) is 4.31 Å². The fraction of sp³-hybridized carbons (Fsp3) is 0.278. The maximum atomic E-state index is 12.6. The summed E-state index contributed by atoms with van der Waals surface area (Å²) in [6.07, 6.45) is 0. The average Bonchev–Trinajstić information content (AvgIpc) is 2.93. The molecule has 0 spiro atoms. The standard InChI is InChI=1S/C18H19Cl2N3O3S2/c1-22(2)28(25,26)16-10-12(8-9-14(16)20)18(24)11-27-17(23(18)3)21-15-7-5-4-6-13(15)19/h4-10,24H,11H2,1-3H3. The van der Waals surface area contributed by atoms with Gasteiger partial charge in [-0.25, -0.2) is 17.7 Å². The zero-order valence-electron chi connectivity index (χ0n) is 15.4. The second-order valence-electron chi connectivity index (χ2n) is 6.44. The molecule has 28 heavy (non-hydrogen) atoms. The predicted molar refractivity (Wildman–Crippen MR) is 115 cm³/mol. The predicted octanol–water partition coefficient (Wildman–Crippen LogP) is 3.76. The Hall–Kier alpha value is -1.29. The van der Waals surface area contributed by atoms with Crippen LogP contribution in [0.1, 0.15) is 5.56 Å². The maximum absolute atomic E-state index is 12.6. The summed E-state index contributed by atoms with van der Waals surface area (Å²) in [4.78, 5) is 6.09. The Morgan fingerprint density at radius 3 is 2.50 bits per heavy atom. The van der Waals surface area contributed by atoms with Crippen molar-refractivity contribution in [2.75, 3.05) is 26.9 Å². The third kappa shape index (κ3) is 3.77. The number of thioether (sulfide) groups is 1. The molecular formula is C18H19Cl2N3O3S2. The van der Waals surface area contributed by atoms with Gasteiger partial charge in [-0.1, -0.05) is 53.2 Å². The molecule has 1 aliphatic heterocycles. The molecule has 6 nitrogen and oxygen atoms in total. The van der Waals surface area contributed by atoms with Gasteiger partial charge in [-0.3, -0.25) is 0 Å². The Labute approximate surface area is 178 Å². The third-order valence-electron chi connectivity index (χ3n) is 4.47. The van der Waals surface area contributed by atoms with Gasteiger partial charge in [0.25, 0.3) is 0 Å². The van der Waals surface area contributed by atoms with E-state index in [0.29, 0.717) is 21.4 Å². The van der Waals surface area contributed by atoms with E-state index in [1.807, 2.05) is 12.1 Å². The van der Waals surface area contributed by atoms with Gasteiger partial charge in [0.1, 0.15) is 4.90 Å². The molecule has 1 fully saturated rings. The number of para-hydroxylation sites is 1. The molecule has 1 atom stereocenters. The molecule has 0 aliphatic carbocycles. The van der Waals surface area contributed by atoms with Crippen LogP contribution in [0.15, 0.2) is 52.4 Å². The summed E-state index contributed by atoms with van der Waals surface area (Å²) in [5.74, 6) is 0.274. The Morgan fingerprint density at radius 1 is 1.18 bits per heavy atom. The SMILES string of the molecule is CN1C(=Nc2ccccc2Cl)SCC1(O)c1ccc(Cl)c(S(=O)(=O)N(C)C)c1. The van der Waals surface area contributed by atoms with Crippen LogP contribution in [0.5, 0.6) is 0 Å². The molecule has 10 heteroatoms. The number of sulfonamides is 1. The molecule has 150 valence electrons. The molecule has 1 unspecified atom stereocenters. The fourth-order valence-corrected chi connectivity index (χ4v) is 5.46. The molecule has 0 radical (unpaired) electrons. The monoisotopic (exact) mass is 459 g/mol. The zero-order chi connectivity index (χ0) is 20.7. The van der Waals surface area contributed by atoms with Crippen molar-refractivity contribution >= 4 is 55.8 Å². The molecule has 1 heterocycles. The summed E-state index contributed by atoms with van der Waals surface area (Å²) in [6, 6.07) is 11.7. The van der Waals surface area contributed by atoms with Crippen LogP contribution < -0.4 is 0 Å². The van der Waals surface area contributed by atoms with Gasteiger partial charge in [0.05, 0.1) is 21.5 Å². The normalized spacial score (nSPS) is 21.7. The molecule has 0 aromatic heterocycles. The molecular weight excluding hydrogens is 441 g/mol. The highest BCUT2D eigenvalue weighted by atomic mass is 35.5. The Balaban J connectivity index is 2.02. The van der Waals surface area contributed by atoms with Crippen molar-refractivity contribution in [3.05, 3.63) is 58.1 Å². The lowest BCUT2D eigenvalue weighted by molar-refractivity contribution is -0.0349. The van der Waals surface area contributed by atoms with Crippen LogP contribution in [0.25, 0.3) is 0 Å². The summed E-state index contributed by atoms with van der Waals surface area (Å²) < 4.78 is 26.2. The van der Waals surface area contributed by atoms with Crippen LogP contribution in [0, 0.1) is 0 Å². The van der Waals surface area contributed by atoms with Crippen molar-refractivity contribution in [3.8, 4) is 0 Å². The van der Waals surface area contributed by atoms with E-state index in [9.17, 15) is 13.5 Å². The number of benzene rings is 2. The van der Waals surface area contributed by atoms with Gasteiger partial charge >= 0.3 is 0 Å². The van der Waals surface area contributed by atoms with Gasteiger partial charge in [-0.2, -0.15) is 0 Å². The molecule has 2 aromatic carbocycles. The molecule has 3 rings (SSSR count). The van der Waals surface area contributed by atoms with Gasteiger partial charge in [-0.05, 0) is 24.3 Å². The smallest absolute Gasteiger partial charge is 0.244 e. The van der Waals surface area contributed by atoms with Crippen molar-refractivity contribution in [1.82, 2.24) is 9.21 Å². The van der Waals surface area contributed by atoms with Gasteiger partial charge in [0, 0.05) is 26.7 Å². The number of hydrogen-bond donors (Lipinski definition) is 1. The van der Waals surface area contributed by atoms with E-state index in [1.54, 1.807) is 30.1 Å². The quantitative estimate of drug-likeness (QED) is 0.753. The third-order valence-corrected chi connectivity index (χ3v) is 8.25. The summed E-state index contributed by atoms with van der Waals surface area (Å²) in [5.41, 5.74) is -0.433. The maximum Gasteiger partial charge on any atom is 0.244 e. The summed E-state index contributed by atoms with van der Waals surface area (Å²) in [7, 11) is 0.804. The van der Waals surface area contributed by atoms with E-state index in [4.69, 9.17) is 23.2 Å². The minimum Gasteiger partial charge on any atom is -0.366 e. The minimum atomic E-state index is -3.75. The lowest BCUT2D eigenvalue weighted by Crippen LogP contribution is -2.42. The molecule has 0 bridgehead atoms. The number of aliphatic hydroxyl groups is 1. The van der Waals surface area contributed by atoms with E-state index in [-0.39, 0.29) is 15.7 Å². The summed E-state index contributed by atoms with van der Waals surface area (Å²) >= 11 is 13.6. The first-order chi connectivity index (χ1) is 13.1. The van der Waals surface area contributed by atoms with Gasteiger partial charge < -0.3 is 10.0 Å². The van der Waals surface area contributed by atoms with Crippen LogP contribution in [0.2, 0.25) is 10.0 Å². The Bertz CT molecular complexity index is 1040. The van der Waals surface area contributed by atoms with Gasteiger partial charge in [0.15, 0.2) is 10.9 Å². The average molecular weight is 460 g/mol. The van der Waals surface area contributed by atoms with Crippen LogP contribution in [0.3, 0.4) is 0 Å². The number of nitrogens with zero attached hydrogens (tertiary/aromatic N) is 3. The number of rotatable bonds is 4. The number of aliphatic imine (C=N–C) groups is 1. The number of amidine groups is 1. The first kappa shape index (κ1) is 21.4. The molecule has 0 amide bonds. The molecule has 1 N–H and O–H groups in total. The van der Waals surface area contributed by atoms with Crippen LogP contribution in [-0.2, 0) is 15.7 Å². The van der Waals surface area contributed by atoms with E-state index in [2.05, 4.69) is 4.99 Å². The number of halogens is 2. The zero-order valence-corrected chi connectivity index (χ0v) is 18.6. The largest absolute Gasteiger partial charge is 0.366 e. The second kappa shape index (κ2) is 7.85. The Morgan fingerprint density at radius 2 is 1.86 bits per heavy atom. The van der Waals surface area contributed by atoms with Crippen LogP contribution in [-0.4, -0.2) is 54.8 Å². The van der Waals surface area contributed by atoms with Crippen molar-refractivity contribution in [2.24, 2.45) is 4.99 Å². The lowest BCUT2D eigenvalue weighted by Gasteiger charge is -2.31. The summed E-state index contributed by atoms with van der Waals surface area (Å²) in [6.45, 7) is 0. The molecule has 1 aliphatic rings. The highest BCUT2D eigenvalue weighted by Gasteiger charge is 2.43. The first-order valence-corrected chi connectivity index (χ1v) is 11.4. The highest BCUT2D eigenvalue weighted by molar-refractivity contribution is 8.14. The van der Waals surface area contributed by atoms with Gasteiger partial charge in [0.2, 0.25) is 10.0 Å². The van der Waals surface area contributed by atoms with Crippen molar-refractivity contribution in [3.63, 3.8) is 0 Å². The second-order valence-corrected chi connectivity index (χ2v) is 10.3. The number of hydrogen-bond acceptors (Lipinski definition) is 5. The van der Waals surface area contributed by atoms with Gasteiger partial charge in [-0.15, -0.1) is 0 Å². The molecule has 2 aromatic rings. The van der Waals surface area contributed by atoms with E-state index < -0.39 is 15.7 Å².